The lowest BCUT2D eigenvalue weighted by atomic mass is 10.1. The first-order chi connectivity index (χ1) is 9.24. The molecular formula is C15H21NO3. The van der Waals surface area contributed by atoms with Crippen molar-refractivity contribution in [2.24, 2.45) is 0 Å². The van der Waals surface area contributed by atoms with Crippen LogP contribution in [0.15, 0.2) is 18.2 Å². The minimum Gasteiger partial charge on any atom is -0.490 e. The van der Waals surface area contributed by atoms with Gasteiger partial charge in [0.05, 0.1) is 19.8 Å². The molecule has 1 aliphatic rings. The molecule has 2 rings (SSSR count). The minimum absolute atomic E-state index is 0.124. The van der Waals surface area contributed by atoms with Crippen LogP contribution in [0.2, 0.25) is 0 Å². The number of carbonyl (C=O) groups excluding carboxylic acids is 1. The van der Waals surface area contributed by atoms with E-state index in [9.17, 15) is 4.79 Å². The standard InChI is InChI=1S/C15H21NO3/c1-3-16(4-2)11-13(17)12-6-7-14-15(10-12)19-9-5-8-18-14/h6-7,10H,3-5,8-9,11H2,1-2H3. The summed E-state index contributed by atoms with van der Waals surface area (Å²) >= 11 is 0. The quantitative estimate of drug-likeness (QED) is 0.765. The Morgan fingerprint density at radius 1 is 1.16 bits per heavy atom. The maximum Gasteiger partial charge on any atom is 0.176 e. The second kappa shape index (κ2) is 6.57. The van der Waals surface area contributed by atoms with E-state index in [0.717, 1.165) is 25.3 Å². The number of benzene rings is 1. The molecule has 1 aromatic rings. The normalized spacial score (nSPS) is 14.3. The van der Waals surface area contributed by atoms with Gasteiger partial charge in [0.2, 0.25) is 0 Å². The maximum atomic E-state index is 12.2. The summed E-state index contributed by atoms with van der Waals surface area (Å²) in [5.74, 6) is 1.54. The summed E-state index contributed by atoms with van der Waals surface area (Å²) in [6, 6.07) is 5.45. The van der Waals surface area contributed by atoms with Gasteiger partial charge >= 0.3 is 0 Å². The van der Waals surface area contributed by atoms with Crippen LogP contribution in [0.5, 0.6) is 11.5 Å². The van der Waals surface area contributed by atoms with Crippen molar-refractivity contribution in [2.75, 3.05) is 32.8 Å². The highest BCUT2D eigenvalue weighted by Gasteiger charge is 2.15. The summed E-state index contributed by atoms with van der Waals surface area (Å²) in [5.41, 5.74) is 0.691. The van der Waals surface area contributed by atoms with E-state index < -0.39 is 0 Å². The van der Waals surface area contributed by atoms with E-state index in [1.54, 1.807) is 6.07 Å². The van der Waals surface area contributed by atoms with Gasteiger partial charge in [-0.2, -0.15) is 0 Å². The van der Waals surface area contributed by atoms with E-state index in [4.69, 9.17) is 9.47 Å². The summed E-state index contributed by atoms with van der Waals surface area (Å²) < 4.78 is 11.2. The number of rotatable bonds is 5. The van der Waals surface area contributed by atoms with Gasteiger partial charge in [-0.25, -0.2) is 0 Å². The first-order valence-corrected chi connectivity index (χ1v) is 6.89. The van der Waals surface area contributed by atoms with Crippen LogP contribution in [0, 0.1) is 0 Å². The topological polar surface area (TPSA) is 38.8 Å². The number of likely N-dealkylation sites (N-methyl/N-ethyl adjacent to an activating group) is 1. The number of carbonyl (C=O) groups is 1. The summed E-state index contributed by atoms with van der Waals surface area (Å²) in [6.07, 6.45) is 0.872. The van der Waals surface area contributed by atoms with Crippen LogP contribution in [0.25, 0.3) is 0 Å². The Morgan fingerprint density at radius 2 is 1.84 bits per heavy atom. The molecule has 4 heteroatoms. The lowest BCUT2D eigenvalue weighted by Gasteiger charge is -2.17. The summed E-state index contributed by atoms with van der Waals surface area (Å²) in [7, 11) is 0. The Kier molecular flexibility index (Phi) is 4.80. The molecule has 0 N–H and O–H groups in total. The van der Waals surface area contributed by atoms with Gasteiger partial charge in [0.25, 0.3) is 0 Å². The second-order valence-corrected chi connectivity index (χ2v) is 4.60. The molecule has 4 nitrogen and oxygen atoms in total. The molecule has 0 saturated heterocycles. The Morgan fingerprint density at radius 3 is 2.53 bits per heavy atom. The third-order valence-electron chi connectivity index (χ3n) is 3.33. The van der Waals surface area contributed by atoms with E-state index in [1.165, 1.54) is 0 Å². The lowest BCUT2D eigenvalue weighted by molar-refractivity contribution is 0.0937. The molecule has 1 aromatic carbocycles. The number of ether oxygens (including phenoxy) is 2. The number of fused-ring (bicyclic) bond motifs is 1. The van der Waals surface area contributed by atoms with E-state index in [1.807, 2.05) is 12.1 Å². The van der Waals surface area contributed by atoms with Gasteiger partial charge in [0.15, 0.2) is 17.3 Å². The van der Waals surface area contributed by atoms with Gasteiger partial charge < -0.3 is 9.47 Å². The van der Waals surface area contributed by atoms with E-state index in [2.05, 4.69) is 18.7 Å². The van der Waals surface area contributed by atoms with Crippen LogP contribution < -0.4 is 9.47 Å². The molecule has 1 heterocycles. The Labute approximate surface area is 114 Å². The number of Topliss-reactive ketones (excluding diaryl/α,β-unsaturated/α-hetero) is 1. The van der Waals surface area contributed by atoms with Crippen molar-refractivity contribution in [2.45, 2.75) is 20.3 Å². The SMILES string of the molecule is CCN(CC)CC(=O)c1ccc2c(c1)OCCCO2. The zero-order valence-corrected chi connectivity index (χ0v) is 11.6. The third kappa shape index (κ3) is 3.47. The van der Waals surface area contributed by atoms with Gasteiger partial charge in [-0.1, -0.05) is 13.8 Å². The first kappa shape index (κ1) is 13.9. The Balaban J connectivity index is 2.12. The highest BCUT2D eigenvalue weighted by molar-refractivity contribution is 5.98. The smallest absolute Gasteiger partial charge is 0.176 e. The number of nitrogens with zero attached hydrogens (tertiary/aromatic N) is 1. The van der Waals surface area contributed by atoms with E-state index in [-0.39, 0.29) is 5.78 Å². The fourth-order valence-electron chi connectivity index (χ4n) is 2.08. The Hall–Kier alpha value is -1.55. The molecule has 0 atom stereocenters. The highest BCUT2D eigenvalue weighted by Crippen LogP contribution is 2.30. The van der Waals surface area contributed by atoms with Crippen molar-refractivity contribution in [1.29, 1.82) is 0 Å². The number of ketones is 1. The van der Waals surface area contributed by atoms with Crippen molar-refractivity contribution < 1.29 is 14.3 Å². The van der Waals surface area contributed by atoms with Crippen molar-refractivity contribution >= 4 is 5.78 Å². The van der Waals surface area contributed by atoms with Crippen molar-refractivity contribution in [3.8, 4) is 11.5 Å². The molecule has 0 radical (unpaired) electrons. The average Bonchev–Trinajstić information content (AvgIpc) is 2.68. The van der Waals surface area contributed by atoms with E-state index >= 15 is 0 Å². The fourth-order valence-corrected chi connectivity index (χ4v) is 2.08. The second-order valence-electron chi connectivity index (χ2n) is 4.60. The van der Waals surface area contributed by atoms with Gasteiger partial charge in [-0.05, 0) is 31.3 Å². The van der Waals surface area contributed by atoms with Crippen molar-refractivity contribution in [3.05, 3.63) is 23.8 Å². The van der Waals surface area contributed by atoms with Crippen LogP contribution in [0.3, 0.4) is 0 Å². The number of hydrogen-bond donors (Lipinski definition) is 0. The van der Waals surface area contributed by atoms with Crippen LogP contribution in [-0.2, 0) is 0 Å². The first-order valence-electron chi connectivity index (χ1n) is 6.89. The number of hydrogen-bond acceptors (Lipinski definition) is 4. The maximum absolute atomic E-state index is 12.2. The molecular weight excluding hydrogens is 242 g/mol. The van der Waals surface area contributed by atoms with Gasteiger partial charge in [-0.15, -0.1) is 0 Å². The van der Waals surface area contributed by atoms with Crippen LogP contribution in [0.1, 0.15) is 30.6 Å². The van der Waals surface area contributed by atoms with Crippen LogP contribution in [0.4, 0.5) is 0 Å². The largest absolute Gasteiger partial charge is 0.490 e. The lowest BCUT2D eigenvalue weighted by Crippen LogP contribution is -2.29. The van der Waals surface area contributed by atoms with Crippen LogP contribution >= 0.6 is 0 Å². The molecule has 0 amide bonds. The molecule has 104 valence electrons. The zero-order chi connectivity index (χ0) is 13.7. The van der Waals surface area contributed by atoms with Crippen LogP contribution in [-0.4, -0.2) is 43.5 Å². The van der Waals surface area contributed by atoms with Gasteiger partial charge in [-0.3, -0.25) is 9.69 Å². The fraction of sp³-hybridized carbons (Fsp3) is 0.533. The van der Waals surface area contributed by atoms with Crippen molar-refractivity contribution in [3.63, 3.8) is 0 Å². The van der Waals surface area contributed by atoms with Gasteiger partial charge in [0, 0.05) is 12.0 Å². The predicted octanol–water partition coefficient (Wildman–Crippen LogP) is 2.37. The summed E-state index contributed by atoms with van der Waals surface area (Å²) in [5, 5.41) is 0. The molecule has 1 aliphatic heterocycles. The molecule has 19 heavy (non-hydrogen) atoms. The molecule has 0 unspecified atom stereocenters. The summed E-state index contributed by atoms with van der Waals surface area (Å²) in [6.45, 7) is 7.64. The Bertz CT molecular complexity index is 441. The predicted molar refractivity (Wildman–Crippen MR) is 74.2 cm³/mol. The molecule has 0 fully saturated rings. The third-order valence-corrected chi connectivity index (χ3v) is 3.33. The molecule has 0 aliphatic carbocycles. The van der Waals surface area contributed by atoms with E-state index in [0.29, 0.717) is 31.1 Å². The molecule has 0 aromatic heterocycles. The van der Waals surface area contributed by atoms with Gasteiger partial charge in [0.1, 0.15) is 0 Å². The molecule has 0 bridgehead atoms. The molecule has 0 saturated carbocycles. The summed E-state index contributed by atoms with van der Waals surface area (Å²) in [4.78, 5) is 14.3. The molecule has 0 spiro atoms. The minimum atomic E-state index is 0.124. The monoisotopic (exact) mass is 263 g/mol. The average molecular weight is 263 g/mol. The van der Waals surface area contributed by atoms with Crippen molar-refractivity contribution in [1.82, 2.24) is 4.90 Å². The zero-order valence-electron chi connectivity index (χ0n) is 11.6. The highest BCUT2D eigenvalue weighted by atomic mass is 16.5.